The van der Waals surface area contributed by atoms with Crippen molar-refractivity contribution in [2.45, 2.75) is 51.5 Å². The molecule has 3 rings (SSSR count). The first-order valence-corrected chi connectivity index (χ1v) is 8.22. The first kappa shape index (κ1) is 14.3. The van der Waals surface area contributed by atoms with E-state index in [2.05, 4.69) is 29.3 Å². The SMILES string of the molecule is CCN1CCCC1CNc1nc2c(cc1C#N)CCCC2. The van der Waals surface area contributed by atoms with Gasteiger partial charge in [0.2, 0.25) is 0 Å². The van der Waals surface area contributed by atoms with Crippen molar-refractivity contribution < 1.29 is 0 Å². The third-order valence-electron chi connectivity index (χ3n) is 4.83. The minimum absolute atomic E-state index is 0.583. The predicted molar refractivity (Wildman–Crippen MR) is 84.4 cm³/mol. The number of anilines is 1. The van der Waals surface area contributed by atoms with Gasteiger partial charge in [0.25, 0.3) is 0 Å². The third kappa shape index (κ3) is 3.03. The van der Waals surface area contributed by atoms with Crippen LogP contribution in [0.5, 0.6) is 0 Å². The van der Waals surface area contributed by atoms with Crippen molar-refractivity contribution in [3.05, 3.63) is 22.9 Å². The van der Waals surface area contributed by atoms with Crippen molar-refractivity contribution in [1.29, 1.82) is 5.26 Å². The Balaban J connectivity index is 1.74. The van der Waals surface area contributed by atoms with Crippen LogP contribution in [-0.4, -0.2) is 35.6 Å². The fraction of sp³-hybridized carbons (Fsp3) is 0.647. The molecule has 112 valence electrons. The zero-order valence-electron chi connectivity index (χ0n) is 12.9. The van der Waals surface area contributed by atoms with Crippen LogP contribution in [0.15, 0.2) is 6.07 Å². The molecule has 1 unspecified atom stereocenters. The van der Waals surface area contributed by atoms with Crippen molar-refractivity contribution >= 4 is 5.82 Å². The Kier molecular flexibility index (Phi) is 4.40. The van der Waals surface area contributed by atoms with Crippen LogP contribution in [0.4, 0.5) is 5.82 Å². The number of aryl methyl sites for hydroxylation is 2. The van der Waals surface area contributed by atoms with E-state index in [0.29, 0.717) is 11.6 Å². The highest BCUT2D eigenvalue weighted by atomic mass is 15.2. The summed E-state index contributed by atoms with van der Waals surface area (Å²) >= 11 is 0. The zero-order chi connectivity index (χ0) is 14.7. The molecule has 0 radical (unpaired) electrons. The molecule has 2 aliphatic rings. The number of rotatable bonds is 4. The average Bonchev–Trinajstić information content (AvgIpc) is 2.99. The van der Waals surface area contributed by atoms with Gasteiger partial charge in [0, 0.05) is 18.3 Å². The maximum absolute atomic E-state index is 9.37. The Hall–Kier alpha value is -1.60. The highest BCUT2D eigenvalue weighted by Gasteiger charge is 2.23. The van der Waals surface area contributed by atoms with Crippen molar-refractivity contribution in [2.24, 2.45) is 0 Å². The number of likely N-dealkylation sites (N-methyl/N-ethyl adjacent to an activating group) is 1. The third-order valence-corrected chi connectivity index (χ3v) is 4.83. The highest BCUT2D eigenvalue weighted by molar-refractivity contribution is 5.54. The smallest absolute Gasteiger partial charge is 0.144 e. The van der Waals surface area contributed by atoms with Crippen molar-refractivity contribution in [1.82, 2.24) is 9.88 Å². The predicted octanol–water partition coefficient (Wildman–Crippen LogP) is 2.73. The molecule has 1 N–H and O–H groups in total. The number of aromatic nitrogens is 1. The summed E-state index contributed by atoms with van der Waals surface area (Å²) in [7, 11) is 0. The van der Waals surface area contributed by atoms with Gasteiger partial charge < -0.3 is 5.32 Å². The topological polar surface area (TPSA) is 52.0 Å². The van der Waals surface area contributed by atoms with E-state index in [1.807, 2.05) is 0 Å². The summed E-state index contributed by atoms with van der Waals surface area (Å²) in [5.74, 6) is 0.793. The molecule has 1 aromatic rings. The van der Waals surface area contributed by atoms with E-state index in [-0.39, 0.29) is 0 Å². The van der Waals surface area contributed by atoms with Gasteiger partial charge in [0.1, 0.15) is 11.9 Å². The second-order valence-corrected chi connectivity index (χ2v) is 6.11. The normalized spacial score (nSPS) is 21.8. The number of nitriles is 1. The quantitative estimate of drug-likeness (QED) is 0.923. The molecule has 2 heterocycles. The van der Waals surface area contributed by atoms with E-state index >= 15 is 0 Å². The largest absolute Gasteiger partial charge is 0.367 e. The number of nitrogens with zero attached hydrogens (tertiary/aromatic N) is 3. The second kappa shape index (κ2) is 6.44. The summed E-state index contributed by atoms with van der Waals surface area (Å²) in [5, 5.41) is 12.8. The molecule has 4 nitrogen and oxygen atoms in total. The van der Waals surface area contributed by atoms with E-state index in [9.17, 15) is 5.26 Å². The molecule has 0 amide bonds. The molecule has 21 heavy (non-hydrogen) atoms. The highest BCUT2D eigenvalue weighted by Crippen LogP contribution is 2.25. The van der Waals surface area contributed by atoms with Gasteiger partial charge in [0.15, 0.2) is 0 Å². The minimum Gasteiger partial charge on any atom is -0.367 e. The number of likely N-dealkylation sites (tertiary alicyclic amines) is 1. The molecule has 1 aromatic heterocycles. The Morgan fingerprint density at radius 3 is 3.05 bits per heavy atom. The summed E-state index contributed by atoms with van der Waals surface area (Å²) < 4.78 is 0. The number of hydrogen-bond acceptors (Lipinski definition) is 4. The first-order chi connectivity index (χ1) is 10.3. The summed E-state index contributed by atoms with van der Waals surface area (Å²) in [6.45, 7) is 5.42. The van der Waals surface area contributed by atoms with Crippen LogP contribution in [0.1, 0.15) is 49.4 Å². The first-order valence-electron chi connectivity index (χ1n) is 8.22. The fourth-order valence-electron chi connectivity index (χ4n) is 3.61. The monoisotopic (exact) mass is 284 g/mol. The second-order valence-electron chi connectivity index (χ2n) is 6.11. The molecule has 1 atom stereocenters. The van der Waals surface area contributed by atoms with E-state index in [0.717, 1.165) is 31.7 Å². The van der Waals surface area contributed by atoms with Crippen LogP contribution in [-0.2, 0) is 12.8 Å². The number of nitrogens with one attached hydrogen (secondary N) is 1. The number of pyridine rings is 1. The molecular weight excluding hydrogens is 260 g/mol. The molecule has 1 aliphatic heterocycles. The molecule has 4 heteroatoms. The summed E-state index contributed by atoms with van der Waals surface area (Å²) in [6, 6.07) is 4.94. The van der Waals surface area contributed by atoms with Crippen molar-refractivity contribution in [3.63, 3.8) is 0 Å². The Morgan fingerprint density at radius 1 is 1.38 bits per heavy atom. The van der Waals surface area contributed by atoms with E-state index < -0.39 is 0 Å². The van der Waals surface area contributed by atoms with Gasteiger partial charge in [-0.15, -0.1) is 0 Å². The maximum Gasteiger partial charge on any atom is 0.144 e. The van der Waals surface area contributed by atoms with Crippen LogP contribution in [0.3, 0.4) is 0 Å². The van der Waals surface area contributed by atoms with E-state index in [1.54, 1.807) is 0 Å². The van der Waals surface area contributed by atoms with Crippen LogP contribution in [0.2, 0.25) is 0 Å². The minimum atomic E-state index is 0.583. The van der Waals surface area contributed by atoms with Crippen molar-refractivity contribution in [2.75, 3.05) is 25.0 Å². The average molecular weight is 284 g/mol. The lowest BCUT2D eigenvalue weighted by molar-refractivity contribution is 0.277. The lowest BCUT2D eigenvalue weighted by atomic mass is 9.95. The molecule has 1 fully saturated rings. The van der Waals surface area contributed by atoms with Crippen molar-refractivity contribution in [3.8, 4) is 6.07 Å². The van der Waals surface area contributed by atoms with Crippen LogP contribution in [0.25, 0.3) is 0 Å². The molecule has 0 spiro atoms. The summed E-state index contributed by atoms with van der Waals surface area (Å²) in [6.07, 6.45) is 7.10. The fourth-order valence-corrected chi connectivity index (χ4v) is 3.61. The Morgan fingerprint density at radius 2 is 2.24 bits per heavy atom. The number of fused-ring (bicyclic) bond motifs is 1. The lowest BCUT2D eigenvalue weighted by Crippen LogP contribution is -2.35. The van der Waals surface area contributed by atoms with Crippen LogP contribution in [0, 0.1) is 11.3 Å². The van der Waals surface area contributed by atoms with Gasteiger partial charge in [-0.2, -0.15) is 5.26 Å². The molecule has 0 saturated carbocycles. The van der Waals surface area contributed by atoms with Gasteiger partial charge in [-0.3, -0.25) is 4.90 Å². The maximum atomic E-state index is 9.37. The van der Waals surface area contributed by atoms with Gasteiger partial charge in [-0.05, 0) is 63.2 Å². The van der Waals surface area contributed by atoms with Crippen LogP contribution < -0.4 is 5.32 Å². The summed E-state index contributed by atoms with van der Waals surface area (Å²) in [5.41, 5.74) is 3.18. The van der Waals surface area contributed by atoms with Gasteiger partial charge >= 0.3 is 0 Å². The Bertz CT molecular complexity index is 546. The lowest BCUT2D eigenvalue weighted by Gasteiger charge is -2.24. The van der Waals surface area contributed by atoms with Gasteiger partial charge in [0.05, 0.1) is 5.56 Å². The molecule has 0 aromatic carbocycles. The Labute approximate surface area is 127 Å². The standard InChI is InChI=1S/C17H24N4/c1-2-21-9-5-7-15(21)12-19-17-14(11-18)10-13-6-3-4-8-16(13)20-17/h10,15H,2-9,12H2,1H3,(H,19,20). The molecule has 1 aliphatic carbocycles. The van der Waals surface area contributed by atoms with Gasteiger partial charge in [-0.25, -0.2) is 4.98 Å². The summed E-state index contributed by atoms with van der Waals surface area (Å²) in [4.78, 5) is 7.26. The van der Waals surface area contributed by atoms with E-state index in [1.165, 1.54) is 43.5 Å². The van der Waals surface area contributed by atoms with E-state index in [4.69, 9.17) is 4.98 Å². The van der Waals surface area contributed by atoms with Crippen LogP contribution >= 0.6 is 0 Å². The molecule has 1 saturated heterocycles. The zero-order valence-corrected chi connectivity index (χ0v) is 12.9. The number of hydrogen-bond donors (Lipinski definition) is 1. The van der Waals surface area contributed by atoms with Gasteiger partial charge in [-0.1, -0.05) is 6.92 Å². The molecule has 0 bridgehead atoms. The molecular formula is C17H24N4.